The summed E-state index contributed by atoms with van der Waals surface area (Å²) in [5, 5.41) is 14.3. The maximum absolute atomic E-state index is 12.3. The summed E-state index contributed by atoms with van der Waals surface area (Å²) < 4.78 is 27.1. The molecule has 3 N–H and O–H groups in total. The number of carboxylic acid groups (broad SMARTS) is 1. The Morgan fingerprint density at radius 2 is 2.30 bits per heavy atom. The van der Waals surface area contributed by atoms with Crippen molar-refractivity contribution in [1.82, 2.24) is 19.8 Å². The first-order valence-corrected chi connectivity index (χ1v) is 7.77. The van der Waals surface area contributed by atoms with Crippen LogP contribution in [0.2, 0.25) is 0 Å². The summed E-state index contributed by atoms with van der Waals surface area (Å²) in [6, 6.07) is -0.207. The lowest BCUT2D eigenvalue weighted by Gasteiger charge is -2.34. The molecule has 1 aliphatic rings. The highest BCUT2D eigenvalue weighted by Gasteiger charge is 2.31. The molecule has 2 rings (SSSR count). The molecule has 0 spiro atoms. The highest BCUT2D eigenvalue weighted by molar-refractivity contribution is 7.89. The third kappa shape index (κ3) is 3.00. The number of nitrogens with zero attached hydrogens (tertiary/aromatic N) is 2. The van der Waals surface area contributed by atoms with Gasteiger partial charge in [-0.1, -0.05) is 6.92 Å². The summed E-state index contributed by atoms with van der Waals surface area (Å²) in [5.74, 6) is -1.17. The topological polar surface area (TPSA) is 115 Å². The van der Waals surface area contributed by atoms with Gasteiger partial charge in [0.2, 0.25) is 0 Å². The van der Waals surface area contributed by atoms with Gasteiger partial charge in [-0.25, -0.2) is 17.9 Å². The second-order valence-corrected chi connectivity index (χ2v) is 6.82. The molecule has 1 saturated heterocycles. The molecule has 0 aromatic carbocycles. The van der Waals surface area contributed by atoms with Crippen LogP contribution >= 0.6 is 0 Å². The van der Waals surface area contributed by atoms with E-state index < -0.39 is 21.0 Å². The summed E-state index contributed by atoms with van der Waals surface area (Å²) in [6.07, 6.45) is 1.68. The van der Waals surface area contributed by atoms with Crippen LogP contribution in [0.15, 0.2) is 11.2 Å². The molecule has 1 aliphatic heterocycles. The van der Waals surface area contributed by atoms with Crippen molar-refractivity contribution in [1.29, 1.82) is 0 Å². The van der Waals surface area contributed by atoms with Crippen molar-refractivity contribution in [2.24, 2.45) is 5.92 Å². The van der Waals surface area contributed by atoms with E-state index >= 15 is 0 Å². The first-order valence-electron chi connectivity index (χ1n) is 6.29. The maximum Gasteiger partial charge on any atom is 0.340 e. The van der Waals surface area contributed by atoms with E-state index in [1.807, 2.05) is 14.0 Å². The quantitative estimate of drug-likeness (QED) is 0.705. The van der Waals surface area contributed by atoms with Crippen molar-refractivity contribution in [2.75, 3.05) is 20.1 Å². The Balaban J connectivity index is 2.19. The largest absolute Gasteiger partial charge is 0.478 e. The van der Waals surface area contributed by atoms with Gasteiger partial charge in [-0.2, -0.15) is 5.10 Å². The van der Waals surface area contributed by atoms with Gasteiger partial charge in [-0.3, -0.25) is 5.10 Å². The van der Waals surface area contributed by atoms with Gasteiger partial charge in [0, 0.05) is 12.6 Å². The second-order valence-electron chi connectivity index (χ2n) is 5.17. The molecule has 20 heavy (non-hydrogen) atoms. The minimum absolute atomic E-state index is 0.153. The van der Waals surface area contributed by atoms with Crippen LogP contribution < -0.4 is 4.72 Å². The van der Waals surface area contributed by atoms with E-state index in [2.05, 4.69) is 19.8 Å². The fourth-order valence-electron chi connectivity index (χ4n) is 2.42. The van der Waals surface area contributed by atoms with E-state index in [0.29, 0.717) is 6.42 Å². The zero-order valence-corrected chi connectivity index (χ0v) is 12.1. The van der Waals surface area contributed by atoms with Crippen LogP contribution in [0.1, 0.15) is 23.7 Å². The molecule has 2 heterocycles. The summed E-state index contributed by atoms with van der Waals surface area (Å²) in [6.45, 7) is 3.56. The van der Waals surface area contributed by atoms with Gasteiger partial charge in [-0.15, -0.1) is 0 Å². The minimum Gasteiger partial charge on any atom is -0.478 e. The number of aromatic nitrogens is 2. The smallest absolute Gasteiger partial charge is 0.340 e. The number of aromatic carboxylic acids is 1. The summed E-state index contributed by atoms with van der Waals surface area (Å²) >= 11 is 0. The molecular weight excluding hydrogens is 284 g/mol. The van der Waals surface area contributed by atoms with Crippen molar-refractivity contribution in [3.63, 3.8) is 0 Å². The molecule has 0 bridgehead atoms. The molecule has 1 aromatic heterocycles. The number of aromatic amines is 1. The number of sulfonamides is 1. The van der Waals surface area contributed by atoms with Crippen LogP contribution in [0.3, 0.4) is 0 Å². The molecule has 112 valence electrons. The molecule has 8 nitrogen and oxygen atoms in total. The first-order chi connectivity index (χ1) is 9.31. The number of likely N-dealkylation sites (tertiary alicyclic amines) is 1. The fourth-order valence-corrected chi connectivity index (χ4v) is 3.89. The lowest BCUT2D eigenvalue weighted by molar-refractivity contribution is 0.0692. The average molecular weight is 302 g/mol. The Kier molecular flexibility index (Phi) is 4.11. The number of H-pyrrole nitrogens is 1. The predicted octanol–water partition coefficient (Wildman–Crippen LogP) is -0.274. The second kappa shape index (κ2) is 5.51. The Hall–Kier alpha value is -1.45. The van der Waals surface area contributed by atoms with Gasteiger partial charge in [0.15, 0.2) is 5.03 Å². The van der Waals surface area contributed by atoms with E-state index in [1.54, 1.807) is 0 Å². The molecule has 1 fully saturated rings. The molecule has 0 amide bonds. The maximum atomic E-state index is 12.3. The summed E-state index contributed by atoms with van der Waals surface area (Å²) in [4.78, 5) is 13.1. The molecule has 0 radical (unpaired) electrons. The third-order valence-corrected chi connectivity index (χ3v) is 4.98. The van der Waals surface area contributed by atoms with Crippen molar-refractivity contribution in [3.8, 4) is 0 Å². The number of rotatable bonds is 4. The Morgan fingerprint density at radius 1 is 1.60 bits per heavy atom. The minimum atomic E-state index is -3.91. The van der Waals surface area contributed by atoms with E-state index in [1.165, 1.54) is 0 Å². The standard InChI is InChI=1S/C11H18N4O4S/c1-7-6-15(2)4-3-9(7)14-20(18,19)10-8(11(16)17)5-12-13-10/h5,7,9,14H,3-4,6H2,1-2H3,(H,12,13)(H,16,17). The monoisotopic (exact) mass is 302 g/mol. The molecule has 0 saturated carbocycles. The van der Waals surface area contributed by atoms with Crippen molar-refractivity contribution < 1.29 is 18.3 Å². The number of nitrogens with one attached hydrogen (secondary N) is 2. The zero-order valence-electron chi connectivity index (χ0n) is 11.3. The van der Waals surface area contributed by atoms with Crippen LogP contribution in [0.4, 0.5) is 0 Å². The van der Waals surface area contributed by atoms with Gasteiger partial charge in [-0.05, 0) is 25.9 Å². The van der Waals surface area contributed by atoms with Crippen LogP contribution in [0, 0.1) is 5.92 Å². The van der Waals surface area contributed by atoms with E-state index in [4.69, 9.17) is 5.11 Å². The number of hydrogen-bond donors (Lipinski definition) is 3. The van der Waals surface area contributed by atoms with Crippen molar-refractivity contribution in [3.05, 3.63) is 11.8 Å². The average Bonchev–Trinajstić information content (AvgIpc) is 2.82. The number of piperidine rings is 1. The summed E-state index contributed by atoms with van der Waals surface area (Å²) in [7, 11) is -1.93. The van der Waals surface area contributed by atoms with E-state index in [-0.39, 0.29) is 17.5 Å². The molecule has 2 atom stereocenters. The first kappa shape index (κ1) is 14.9. The van der Waals surface area contributed by atoms with Crippen LogP contribution in [-0.4, -0.2) is 60.8 Å². The fraction of sp³-hybridized carbons (Fsp3) is 0.636. The van der Waals surface area contributed by atoms with Crippen molar-refractivity contribution in [2.45, 2.75) is 24.4 Å². The molecule has 0 aliphatic carbocycles. The van der Waals surface area contributed by atoms with Gasteiger partial charge in [0.05, 0.1) is 6.20 Å². The van der Waals surface area contributed by atoms with Gasteiger partial charge in [0.25, 0.3) is 10.0 Å². The lowest BCUT2D eigenvalue weighted by atomic mass is 9.95. The lowest BCUT2D eigenvalue weighted by Crippen LogP contribution is -2.49. The third-order valence-electron chi connectivity index (χ3n) is 3.52. The van der Waals surface area contributed by atoms with Gasteiger partial charge < -0.3 is 10.0 Å². The SMILES string of the molecule is CC1CN(C)CCC1NS(=O)(=O)c1[nH]ncc1C(=O)O. The zero-order chi connectivity index (χ0) is 14.9. The normalized spacial score (nSPS) is 24.7. The number of carbonyl (C=O) groups is 1. The molecule has 2 unspecified atom stereocenters. The highest BCUT2D eigenvalue weighted by Crippen LogP contribution is 2.19. The van der Waals surface area contributed by atoms with Gasteiger partial charge >= 0.3 is 5.97 Å². The van der Waals surface area contributed by atoms with Crippen LogP contribution in [0.5, 0.6) is 0 Å². The molecule has 9 heteroatoms. The highest BCUT2D eigenvalue weighted by atomic mass is 32.2. The van der Waals surface area contributed by atoms with Gasteiger partial charge in [0.1, 0.15) is 5.56 Å². The van der Waals surface area contributed by atoms with Crippen LogP contribution in [-0.2, 0) is 10.0 Å². The van der Waals surface area contributed by atoms with Crippen LogP contribution in [0.25, 0.3) is 0 Å². The van der Waals surface area contributed by atoms with E-state index in [9.17, 15) is 13.2 Å². The Labute approximate surface area is 117 Å². The molecule has 1 aromatic rings. The summed E-state index contributed by atoms with van der Waals surface area (Å²) in [5.41, 5.74) is -0.349. The Bertz CT molecular complexity index is 597. The number of carboxylic acids is 1. The number of hydrogen-bond acceptors (Lipinski definition) is 5. The van der Waals surface area contributed by atoms with Crippen molar-refractivity contribution >= 4 is 16.0 Å². The Morgan fingerprint density at radius 3 is 2.90 bits per heavy atom. The predicted molar refractivity (Wildman–Crippen MR) is 70.9 cm³/mol. The molecular formula is C11H18N4O4S. The van der Waals surface area contributed by atoms with E-state index in [0.717, 1.165) is 19.3 Å².